The van der Waals surface area contributed by atoms with Crippen molar-refractivity contribution in [1.29, 1.82) is 0 Å². The van der Waals surface area contributed by atoms with Crippen molar-refractivity contribution in [3.63, 3.8) is 0 Å². The number of hydrogen-bond donors (Lipinski definition) is 1. The first-order chi connectivity index (χ1) is 12.3. The Kier molecular flexibility index (Phi) is 4.40. The van der Waals surface area contributed by atoms with Crippen molar-refractivity contribution in [3.05, 3.63) is 89.5 Å². The van der Waals surface area contributed by atoms with E-state index in [0.29, 0.717) is 0 Å². The molecule has 3 heteroatoms. The molecular formula is C22H22N2O. The van der Waals surface area contributed by atoms with Gasteiger partial charge in [0.15, 0.2) is 0 Å². The average Bonchev–Trinajstić information content (AvgIpc) is 2.64. The van der Waals surface area contributed by atoms with Crippen molar-refractivity contribution in [3.8, 4) is 11.5 Å². The SMILES string of the molecule is Nc1ccc2c(c1)CCN(Cc1ccc(Oc3ccccc3)cc1)C2. The van der Waals surface area contributed by atoms with E-state index in [1.54, 1.807) is 0 Å². The number of hydrogen-bond acceptors (Lipinski definition) is 3. The summed E-state index contributed by atoms with van der Waals surface area (Å²) < 4.78 is 5.86. The second-order valence-corrected chi connectivity index (χ2v) is 6.55. The van der Waals surface area contributed by atoms with E-state index in [1.807, 2.05) is 48.5 Å². The van der Waals surface area contributed by atoms with E-state index in [-0.39, 0.29) is 0 Å². The van der Waals surface area contributed by atoms with E-state index >= 15 is 0 Å². The third kappa shape index (κ3) is 3.83. The molecule has 0 radical (unpaired) electrons. The van der Waals surface area contributed by atoms with Crippen LogP contribution in [-0.4, -0.2) is 11.4 Å². The van der Waals surface area contributed by atoms with Crippen LogP contribution in [-0.2, 0) is 19.5 Å². The van der Waals surface area contributed by atoms with Crippen molar-refractivity contribution in [2.75, 3.05) is 12.3 Å². The highest BCUT2D eigenvalue weighted by Crippen LogP contribution is 2.24. The summed E-state index contributed by atoms with van der Waals surface area (Å²) >= 11 is 0. The zero-order chi connectivity index (χ0) is 17.1. The summed E-state index contributed by atoms with van der Waals surface area (Å²) in [5, 5.41) is 0. The topological polar surface area (TPSA) is 38.5 Å². The summed E-state index contributed by atoms with van der Waals surface area (Å²) in [5.41, 5.74) is 10.8. The Balaban J connectivity index is 1.39. The van der Waals surface area contributed by atoms with Crippen LogP contribution in [0.2, 0.25) is 0 Å². The highest BCUT2D eigenvalue weighted by molar-refractivity contribution is 5.45. The zero-order valence-electron chi connectivity index (χ0n) is 14.2. The minimum absolute atomic E-state index is 0.862. The van der Waals surface area contributed by atoms with Crippen molar-refractivity contribution in [1.82, 2.24) is 4.90 Å². The molecule has 0 saturated carbocycles. The molecule has 0 fully saturated rings. The number of para-hydroxylation sites is 1. The summed E-state index contributed by atoms with van der Waals surface area (Å²) in [7, 11) is 0. The molecule has 0 aliphatic carbocycles. The average molecular weight is 330 g/mol. The number of fused-ring (bicyclic) bond motifs is 1. The number of nitrogens with two attached hydrogens (primary N) is 1. The van der Waals surface area contributed by atoms with E-state index in [9.17, 15) is 0 Å². The van der Waals surface area contributed by atoms with Crippen LogP contribution in [0.5, 0.6) is 11.5 Å². The first-order valence-electron chi connectivity index (χ1n) is 8.68. The number of anilines is 1. The van der Waals surface area contributed by atoms with Crippen molar-refractivity contribution >= 4 is 5.69 Å². The fourth-order valence-electron chi connectivity index (χ4n) is 3.31. The predicted octanol–water partition coefficient (Wildman–Crippen LogP) is 4.62. The molecular weight excluding hydrogens is 308 g/mol. The van der Waals surface area contributed by atoms with Gasteiger partial charge in [0, 0.05) is 25.3 Å². The standard InChI is InChI=1S/C22H22N2O/c23-20-9-8-19-16-24(13-12-18(19)14-20)15-17-6-10-22(11-7-17)25-21-4-2-1-3-5-21/h1-11,14H,12-13,15-16,23H2. The molecule has 3 nitrogen and oxygen atoms in total. The van der Waals surface area contributed by atoms with Crippen LogP contribution < -0.4 is 10.5 Å². The molecule has 3 aromatic carbocycles. The molecule has 4 rings (SSSR count). The Morgan fingerprint density at radius 1 is 0.840 bits per heavy atom. The quantitative estimate of drug-likeness (QED) is 0.709. The monoisotopic (exact) mass is 330 g/mol. The minimum Gasteiger partial charge on any atom is -0.457 e. The van der Waals surface area contributed by atoms with Crippen LogP contribution >= 0.6 is 0 Å². The molecule has 0 atom stereocenters. The summed E-state index contributed by atoms with van der Waals surface area (Å²) in [4.78, 5) is 2.48. The van der Waals surface area contributed by atoms with Crippen LogP contribution in [0.15, 0.2) is 72.8 Å². The predicted molar refractivity (Wildman–Crippen MR) is 102 cm³/mol. The molecule has 0 spiro atoms. The van der Waals surface area contributed by atoms with Gasteiger partial charge in [-0.2, -0.15) is 0 Å². The highest BCUT2D eigenvalue weighted by atomic mass is 16.5. The van der Waals surface area contributed by atoms with Gasteiger partial charge < -0.3 is 10.5 Å². The zero-order valence-corrected chi connectivity index (χ0v) is 14.2. The lowest BCUT2D eigenvalue weighted by molar-refractivity contribution is 0.245. The molecule has 0 unspecified atom stereocenters. The third-order valence-electron chi connectivity index (χ3n) is 4.63. The smallest absolute Gasteiger partial charge is 0.127 e. The van der Waals surface area contributed by atoms with E-state index in [2.05, 4.69) is 29.2 Å². The number of nitrogen functional groups attached to an aromatic ring is 1. The maximum atomic E-state index is 5.88. The van der Waals surface area contributed by atoms with E-state index in [1.165, 1.54) is 16.7 Å². The van der Waals surface area contributed by atoms with Gasteiger partial charge in [-0.15, -0.1) is 0 Å². The molecule has 1 heterocycles. The van der Waals surface area contributed by atoms with E-state index in [0.717, 1.165) is 43.2 Å². The second-order valence-electron chi connectivity index (χ2n) is 6.55. The number of nitrogens with zero attached hydrogens (tertiary/aromatic N) is 1. The van der Waals surface area contributed by atoms with Gasteiger partial charge in [-0.25, -0.2) is 0 Å². The van der Waals surface area contributed by atoms with Crippen LogP contribution in [0, 0.1) is 0 Å². The van der Waals surface area contributed by atoms with E-state index in [4.69, 9.17) is 10.5 Å². The summed E-state index contributed by atoms with van der Waals surface area (Å²) in [5.74, 6) is 1.73. The fourth-order valence-corrected chi connectivity index (χ4v) is 3.31. The number of ether oxygens (including phenoxy) is 1. The normalized spacial score (nSPS) is 14.1. The summed E-state index contributed by atoms with van der Waals surface area (Å²) in [6, 6.07) is 24.5. The Morgan fingerprint density at radius 3 is 2.40 bits per heavy atom. The second kappa shape index (κ2) is 6.99. The third-order valence-corrected chi connectivity index (χ3v) is 4.63. The minimum atomic E-state index is 0.862. The first kappa shape index (κ1) is 15.7. The Labute approximate surface area is 148 Å². The van der Waals surface area contributed by atoms with Crippen molar-refractivity contribution in [2.24, 2.45) is 0 Å². The maximum Gasteiger partial charge on any atom is 0.127 e. The van der Waals surface area contributed by atoms with E-state index < -0.39 is 0 Å². The highest BCUT2D eigenvalue weighted by Gasteiger charge is 2.16. The summed E-state index contributed by atoms with van der Waals surface area (Å²) in [6.45, 7) is 3.01. The van der Waals surface area contributed by atoms with Gasteiger partial charge in [-0.05, 0) is 59.5 Å². The van der Waals surface area contributed by atoms with Crippen LogP contribution in [0.1, 0.15) is 16.7 Å². The molecule has 0 bridgehead atoms. The van der Waals surface area contributed by atoms with Gasteiger partial charge in [0.05, 0.1) is 0 Å². The van der Waals surface area contributed by atoms with Gasteiger partial charge in [0.1, 0.15) is 11.5 Å². The lowest BCUT2D eigenvalue weighted by Gasteiger charge is -2.29. The molecule has 1 aliphatic rings. The lowest BCUT2D eigenvalue weighted by atomic mass is 9.98. The maximum absolute atomic E-state index is 5.88. The van der Waals surface area contributed by atoms with Crippen molar-refractivity contribution in [2.45, 2.75) is 19.5 Å². The molecule has 1 aliphatic heterocycles. The van der Waals surface area contributed by atoms with Gasteiger partial charge in [0.25, 0.3) is 0 Å². The van der Waals surface area contributed by atoms with Gasteiger partial charge in [-0.1, -0.05) is 36.4 Å². The Bertz CT molecular complexity index is 844. The fraction of sp³-hybridized carbons (Fsp3) is 0.182. The number of rotatable bonds is 4. The van der Waals surface area contributed by atoms with Crippen LogP contribution in [0.4, 0.5) is 5.69 Å². The Hall–Kier alpha value is -2.78. The molecule has 0 saturated heterocycles. The van der Waals surface area contributed by atoms with Gasteiger partial charge in [-0.3, -0.25) is 4.90 Å². The molecule has 126 valence electrons. The first-order valence-corrected chi connectivity index (χ1v) is 8.68. The largest absolute Gasteiger partial charge is 0.457 e. The molecule has 0 amide bonds. The van der Waals surface area contributed by atoms with Gasteiger partial charge in [0.2, 0.25) is 0 Å². The Morgan fingerprint density at radius 2 is 1.60 bits per heavy atom. The number of benzene rings is 3. The molecule has 2 N–H and O–H groups in total. The van der Waals surface area contributed by atoms with Gasteiger partial charge >= 0.3 is 0 Å². The molecule has 25 heavy (non-hydrogen) atoms. The van der Waals surface area contributed by atoms with Crippen molar-refractivity contribution < 1.29 is 4.74 Å². The molecule has 0 aromatic heterocycles. The van der Waals surface area contributed by atoms with Crippen LogP contribution in [0.25, 0.3) is 0 Å². The summed E-state index contributed by atoms with van der Waals surface area (Å²) in [6.07, 6.45) is 1.07. The molecule has 3 aromatic rings. The van der Waals surface area contributed by atoms with Crippen LogP contribution in [0.3, 0.4) is 0 Å². The lowest BCUT2D eigenvalue weighted by Crippen LogP contribution is -2.30.